The lowest BCUT2D eigenvalue weighted by atomic mass is 10.1. The molecule has 0 spiro atoms. The fraction of sp³-hybridized carbons (Fsp3) is 0.533. The number of hydrogen-bond donors (Lipinski definition) is 1. The minimum Gasteiger partial charge on any atom is -0.343 e. The summed E-state index contributed by atoms with van der Waals surface area (Å²) in [4.78, 5) is 31.0. The fourth-order valence-corrected chi connectivity index (χ4v) is 1.75. The zero-order valence-corrected chi connectivity index (χ0v) is 13.4. The Kier molecular flexibility index (Phi) is 6.14. The van der Waals surface area contributed by atoms with Crippen LogP contribution in [0.15, 0.2) is 18.3 Å². The third-order valence-electron chi connectivity index (χ3n) is 3.27. The number of hydrogen-bond acceptors (Lipinski definition) is 3. The molecule has 21 heavy (non-hydrogen) atoms. The smallest absolute Gasteiger partial charge is 0.321 e. The lowest BCUT2D eigenvalue weighted by molar-refractivity contribution is 0.0822. The van der Waals surface area contributed by atoms with E-state index < -0.39 is 0 Å². The molecular formula is C15H24N4O2. The molecule has 1 aromatic rings. The quantitative estimate of drug-likeness (QED) is 0.905. The summed E-state index contributed by atoms with van der Waals surface area (Å²) in [7, 11) is 5.08. The maximum Gasteiger partial charge on any atom is 0.321 e. The first kappa shape index (κ1) is 16.9. The molecule has 116 valence electrons. The molecule has 0 bridgehead atoms. The number of carbonyl (C=O) groups excluding carboxylic acids is 2. The van der Waals surface area contributed by atoms with Crippen LogP contribution in [0.2, 0.25) is 0 Å². The van der Waals surface area contributed by atoms with Crippen LogP contribution >= 0.6 is 0 Å². The van der Waals surface area contributed by atoms with E-state index in [1.807, 2.05) is 0 Å². The second-order valence-electron chi connectivity index (χ2n) is 5.45. The third kappa shape index (κ3) is 5.06. The van der Waals surface area contributed by atoms with E-state index in [0.717, 1.165) is 6.42 Å². The molecular weight excluding hydrogens is 268 g/mol. The normalized spacial score (nSPS) is 11.7. The van der Waals surface area contributed by atoms with Crippen LogP contribution in [0.1, 0.15) is 30.8 Å². The van der Waals surface area contributed by atoms with E-state index in [-0.39, 0.29) is 11.9 Å². The van der Waals surface area contributed by atoms with Crippen LogP contribution in [-0.2, 0) is 0 Å². The first-order valence-corrected chi connectivity index (χ1v) is 7.05. The van der Waals surface area contributed by atoms with Gasteiger partial charge in [-0.3, -0.25) is 9.78 Å². The summed E-state index contributed by atoms with van der Waals surface area (Å²) in [5.41, 5.74) is 0.874. The molecule has 3 amide bonds. The van der Waals surface area contributed by atoms with Gasteiger partial charge in [-0.2, -0.15) is 0 Å². The summed E-state index contributed by atoms with van der Waals surface area (Å²) >= 11 is 0. The van der Waals surface area contributed by atoms with Gasteiger partial charge in [-0.25, -0.2) is 4.79 Å². The van der Waals surface area contributed by atoms with Gasteiger partial charge in [-0.15, -0.1) is 0 Å². The van der Waals surface area contributed by atoms with E-state index in [4.69, 9.17) is 0 Å². The molecule has 1 aromatic heterocycles. The van der Waals surface area contributed by atoms with Gasteiger partial charge < -0.3 is 15.1 Å². The predicted octanol–water partition coefficient (Wildman–Crippen LogP) is 2.29. The van der Waals surface area contributed by atoms with E-state index in [1.54, 1.807) is 38.2 Å². The standard InChI is InChI=1S/C15H24N4O2/c1-6-11(2)10-19(5)15(21)17-12-7-8-16-13(9-12)14(20)18(3)4/h7-9,11H,6,10H2,1-5H3,(H,16,17,21). The Morgan fingerprint density at radius 1 is 1.33 bits per heavy atom. The van der Waals surface area contributed by atoms with E-state index in [1.165, 1.54) is 11.1 Å². The summed E-state index contributed by atoms with van der Waals surface area (Å²) in [5.74, 6) is 0.253. The van der Waals surface area contributed by atoms with E-state index >= 15 is 0 Å². The van der Waals surface area contributed by atoms with Crippen LogP contribution in [0.3, 0.4) is 0 Å². The highest BCUT2D eigenvalue weighted by Crippen LogP contribution is 2.11. The van der Waals surface area contributed by atoms with Crippen molar-refractivity contribution in [3.63, 3.8) is 0 Å². The minimum atomic E-state index is -0.195. The lowest BCUT2D eigenvalue weighted by Gasteiger charge is -2.21. The van der Waals surface area contributed by atoms with Gasteiger partial charge in [0, 0.05) is 39.6 Å². The molecule has 0 aromatic carbocycles. The Bertz CT molecular complexity index is 502. The van der Waals surface area contributed by atoms with Gasteiger partial charge in [-0.05, 0) is 18.1 Å². The second kappa shape index (κ2) is 7.61. The SMILES string of the molecule is CCC(C)CN(C)C(=O)Nc1ccnc(C(=O)N(C)C)c1. The van der Waals surface area contributed by atoms with Crippen LogP contribution in [0, 0.1) is 5.92 Å². The first-order chi connectivity index (χ1) is 9.85. The highest BCUT2D eigenvalue weighted by Gasteiger charge is 2.14. The largest absolute Gasteiger partial charge is 0.343 e. The summed E-state index contributed by atoms with van der Waals surface area (Å²) in [6, 6.07) is 3.06. The van der Waals surface area contributed by atoms with Crippen molar-refractivity contribution in [2.45, 2.75) is 20.3 Å². The van der Waals surface area contributed by atoms with Crippen molar-refractivity contribution in [3.8, 4) is 0 Å². The molecule has 6 heteroatoms. The zero-order chi connectivity index (χ0) is 16.0. The van der Waals surface area contributed by atoms with Gasteiger partial charge in [0.05, 0.1) is 0 Å². The molecule has 0 aliphatic rings. The number of nitrogens with one attached hydrogen (secondary N) is 1. The van der Waals surface area contributed by atoms with Crippen molar-refractivity contribution in [2.75, 3.05) is 33.0 Å². The second-order valence-corrected chi connectivity index (χ2v) is 5.45. The predicted molar refractivity (Wildman–Crippen MR) is 83.4 cm³/mol. The monoisotopic (exact) mass is 292 g/mol. The van der Waals surface area contributed by atoms with Crippen LogP contribution in [-0.4, -0.2) is 54.4 Å². The average molecular weight is 292 g/mol. The maximum absolute atomic E-state index is 12.1. The minimum absolute atomic E-state index is 0.190. The summed E-state index contributed by atoms with van der Waals surface area (Å²) in [5, 5.41) is 2.78. The highest BCUT2D eigenvalue weighted by molar-refractivity contribution is 5.94. The average Bonchev–Trinajstić information content (AvgIpc) is 2.46. The molecule has 1 rings (SSSR count). The molecule has 1 atom stereocenters. The number of amides is 3. The topological polar surface area (TPSA) is 65.5 Å². The first-order valence-electron chi connectivity index (χ1n) is 7.05. The third-order valence-corrected chi connectivity index (χ3v) is 3.27. The highest BCUT2D eigenvalue weighted by atomic mass is 16.2. The molecule has 1 unspecified atom stereocenters. The zero-order valence-electron chi connectivity index (χ0n) is 13.4. The van der Waals surface area contributed by atoms with Crippen LogP contribution < -0.4 is 5.32 Å². The van der Waals surface area contributed by atoms with Gasteiger partial charge in [0.25, 0.3) is 5.91 Å². The van der Waals surface area contributed by atoms with Crippen molar-refractivity contribution in [1.82, 2.24) is 14.8 Å². The summed E-state index contributed by atoms with van der Waals surface area (Å²) in [6.07, 6.45) is 2.54. The Morgan fingerprint density at radius 2 is 2.00 bits per heavy atom. The Labute approximate surface area is 126 Å². The number of anilines is 1. The molecule has 0 aliphatic carbocycles. The number of rotatable bonds is 5. The van der Waals surface area contributed by atoms with Crippen LogP contribution in [0.25, 0.3) is 0 Å². The Hall–Kier alpha value is -2.11. The van der Waals surface area contributed by atoms with Crippen molar-refractivity contribution in [1.29, 1.82) is 0 Å². The van der Waals surface area contributed by atoms with Crippen molar-refractivity contribution in [2.24, 2.45) is 5.92 Å². The summed E-state index contributed by atoms with van der Waals surface area (Å²) in [6.45, 7) is 4.89. The van der Waals surface area contributed by atoms with Crippen molar-refractivity contribution < 1.29 is 9.59 Å². The number of carbonyl (C=O) groups is 2. The number of nitrogens with zero attached hydrogens (tertiary/aromatic N) is 3. The van der Waals surface area contributed by atoms with Gasteiger partial charge in [0.2, 0.25) is 0 Å². The van der Waals surface area contributed by atoms with E-state index in [9.17, 15) is 9.59 Å². The van der Waals surface area contributed by atoms with E-state index in [2.05, 4.69) is 24.1 Å². The molecule has 0 radical (unpaired) electrons. The van der Waals surface area contributed by atoms with Crippen molar-refractivity contribution in [3.05, 3.63) is 24.0 Å². The van der Waals surface area contributed by atoms with Gasteiger partial charge in [0.1, 0.15) is 5.69 Å². The lowest BCUT2D eigenvalue weighted by Crippen LogP contribution is -2.34. The summed E-state index contributed by atoms with van der Waals surface area (Å²) < 4.78 is 0. The number of urea groups is 1. The van der Waals surface area contributed by atoms with E-state index in [0.29, 0.717) is 23.8 Å². The fourth-order valence-electron chi connectivity index (χ4n) is 1.75. The molecule has 0 saturated heterocycles. The van der Waals surface area contributed by atoms with Crippen LogP contribution in [0.5, 0.6) is 0 Å². The Morgan fingerprint density at radius 3 is 2.57 bits per heavy atom. The van der Waals surface area contributed by atoms with Crippen LogP contribution in [0.4, 0.5) is 10.5 Å². The van der Waals surface area contributed by atoms with Gasteiger partial charge >= 0.3 is 6.03 Å². The van der Waals surface area contributed by atoms with Gasteiger partial charge in [-0.1, -0.05) is 20.3 Å². The number of pyridine rings is 1. The molecule has 1 N–H and O–H groups in total. The van der Waals surface area contributed by atoms with Crippen molar-refractivity contribution >= 4 is 17.6 Å². The molecule has 0 saturated carbocycles. The molecule has 6 nitrogen and oxygen atoms in total. The molecule has 0 fully saturated rings. The van der Waals surface area contributed by atoms with Gasteiger partial charge in [0.15, 0.2) is 0 Å². The maximum atomic E-state index is 12.1. The molecule has 0 aliphatic heterocycles. The molecule has 1 heterocycles. The number of aromatic nitrogens is 1. The Balaban J connectivity index is 2.72.